The Morgan fingerprint density at radius 2 is 1.48 bits per heavy atom. The molecular weight excluding hydrogens is 350 g/mol. The van der Waals surface area contributed by atoms with Gasteiger partial charge in [-0.2, -0.15) is 0 Å². The topological polar surface area (TPSA) is 105 Å². The highest BCUT2D eigenvalue weighted by molar-refractivity contribution is 6.27. The third-order valence-electron chi connectivity index (χ3n) is 3.81. The average Bonchev–Trinajstić information content (AvgIpc) is 2.64. The first-order valence-electron chi connectivity index (χ1n) is 8.22. The summed E-state index contributed by atoms with van der Waals surface area (Å²) in [5, 5.41) is 18.3. The Bertz CT molecular complexity index is 776. The summed E-state index contributed by atoms with van der Waals surface area (Å²) in [6, 6.07) is 12.4. The van der Waals surface area contributed by atoms with E-state index in [0.717, 1.165) is 30.2 Å². The Kier molecular flexibility index (Phi) is 8.81. The molecule has 0 saturated carbocycles. The van der Waals surface area contributed by atoms with Gasteiger partial charge in [-0.05, 0) is 31.0 Å². The fourth-order valence-corrected chi connectivity index (χ4v) is 2.37. The van der Waals surface area contributed by atoms with E-state index in [0.29, 0.717) is 0 Å². The van der Waals surface area contributed by atoms with Crippen molar-refractivity contribution in [2.24, 2.45) is 0 Å². The van der Waals surface area contributed by atoms with Gasteiger partial charge in [-0.15, -0.1) is 0 Å². The van der Waals surface area contributed by atoms with Crippen LogP contribution >= 0.6 is 0 Å². The first-order chi connectivity index (χ1) is 12.8. The molecule has 27 heavy (non-hydrogen) atoms. The number of ether oxygens (including phenoxy) is 2. The first kappa shape index (κ1) is 22.0. The number of benzene rings is 2. The maximum absolute atomic E-state index is 9.10. The van der Waals surface area contributed by atoms with Gasteiger partial charge in [0.15, 0.2) is 0 Å². The monoisotopic (exact) mass is 375 g/mol. The number of hydrogen-bond acceptors (Lipinski definition) is 5. The third kappa shape index (κ3) is 7.37. The zero-order valence-corrected chi connectivity index (χ0v) is 15.9. The Balaban J connectivity index is 0.000000527. The van der Waals surface area contributed by atoms with Crippen LogP contribution in [-0.2, 0) is 22.7 Å². The molecule has 2 aromatic carbocycles. The quantitative estimate of drug-likeness (QED) is 0.667. The van der Waals surface area contributed by atoms with Gasteiger partial charge in [-0.1, -0.05) is 29.8 Å². The highest BCUT2D eigenvalue weighted by atomic mass is 16.5. The van der Waals surface area contributed by atoms with E-state index in [2.05, 4.69) is 37.4 Å². The van der Waals surface area contributed by atoms with E-state index in [1.165, 1.54) is 16.7 Å². The van der Waals surface area contributed by atoms with E-state index < -0.39 is 11.9 Å². The van der Waals surface area contributed by atoms with Gasteiger partial charge in [0.1, 0.15) is 11.5 Å². The Morgan fingerprint density at radius 3 is 2.00 bits per heavy atom. The number of aryl methyl sites for hydroxylation is 2. The van der Waals surface area contributed by atoms with E-state index in [4.69, 9.17) is 29.3 Å². The minimum absolute atomic E-state index is 0.764. The maximum atomic E-state index is 9.10. The summed E-state index contributed by atoms with van der Waals surface area (Å²) in [6.45, 7) is 5.88. The molecule has 0 heterocycles. The van der Waals surface area contributed by atoms with Gasteiger partial charge in [0, 0.05) is 24.7 Å². The summed E-state index contributed by atoms with van der Waals surface area (Å²) < 4.78 is 10.6. The summed E-state index contributed by atoms with van der Waals surface area (Å²) >= 11 is 0. The second-order valence-electron chi connectivity index (χ2n) is 5.82. The van der Waals surface area contributed by atoms with E-state index in [9.17, 15) is 0 Å². The second kappa shape index (κ2) is 10.8. The van der Waals surface area contributed by atoms with Crippen LogP contribution in [0.25, 0.3) is 0 Å². The molecule has 7 nitrogen and oxygen atoms in total. The van der Waals surface area contributed by atoms with Crippen molar-refractivity contribution in [3.8, 4) is 11.5 Å². The molecule has 0 bridgehead atoms. The molecule has 0 aliphatic carbocycles. The van der Waals surface area contributed by atoms with Gasteiger partial charge in [0.25, 0.3) is 0 Å². The van der Waals surface area contributed by atoms with Gasteiger partial charge in [-0.25, -0.2) is 9.59 Å². The number of carboxylic acid groups (broad SMARTS) is 2. The lowest BCUT2D eigenvalue weighted by Crippen LogP contribution is -2.14. The number of carbonyl (C=O) groups is 2. The lowest BCUT2D eigenvalue weighted by molar-refractivity contribution is -0.159. The standard InChI is InChI=1S/C18H23NO2.C2H2O4/c1-13-5-6-15(14(2)9-13)11-19-12-16-7-8-17(20-3)10-18(16)21-4;3-1(4)2(5)6/h5-10,19H,11-12H2,1-4H3;(H,3,4)(H,5,6). The van der Waals surface area contributed by atoms with Crippen LogP contribution in [-0.4, -0.2) is 36.4 Å². The van der Waals surface area contributed by atoms with E-state index in [1.807, 2.05) is 18.2 Å². The van der Waals surface area contributed by atoms with Crippen LogP contribution in [0, 0.1) is 13.8 Å². The maximum Gasteiger partial charge on any atom is 0.414 e. The van der Waals surface area contributed by atoms with Gasteiger partial charge in [0.05, 0.1) is 14.2 Å². The smallest absolute Gasteiger partial charge is 0.414 e. The third-order valence-corrected chi connectivity index (χ3v) is 3.81. The van der Waals surface area contributed by atoms with Crippen LogP contribution in [0.2, 0.25) is 0 Å². The summed E-state index contributed by atoms with van der Waals surface area (Å²) in [5.41, 5.74) is 5.08. The summed E-state index contributed by atoms with van der Waals surface area (Å²) in [7, 11) is 3.34. The van der Waals surface area contributed by atoms with Crippen LogP contribution < -0.4 is 14.8 Å². The van der Waals surface area contributed by atoms with Gasteiger partial charge >= 0.3 is 11.9 Å². The molecule has 0 aliphatic heterocycles. The minimum atomic E-state index is -1.82. The van der Waals surface area contributed by atoms with Crippen molar-refractivity contribution < 1.29 is 29.3 Å². The van der Waals surface area contributed by atoms with Gasteiger partial charge < -0.3 is 25.0 Å². The Labute approximate surface area is 158 Å². The molecule has 0 amide bonds. The Hall–Kier alpha value is -3.06. The van der Waals surface area contributed by atoms with Crippen molar-refractivity contribution in [3.63, 3.8) is 0 Å². The molecule has 0 fully saturated rings. The lowest BCUT2D eigenvalue weighted by atomic mass is 10.1. The molecule has 0 atom stereocenters. The van der Waals surface area contributed by atoms with Crippen molar-refractivity contribution >= 4 is 11.9 Å². The van der Waals surface area contributed by atoms with E-state index in [-0.39, 0.29) is 0 Å². The highest BCUT2D eigenvalue weighted by Gasteiger charge is 2.05. The number of methoxy groups -OCH3 is 2. The highest BCUT2D eigenvalue weighted by Crippen LogP contribution is 2.24. The first-order valence-corrected chi connectivity index (χ1v) is 8.22. The molecule has 0 unspecified atom stereocenters. The van der Waals surface area contributed by atoms with Crippen LogP contribution in [0.3, 0.4) is 0 Å². The van der Waals surface area contributed by atoms with Crippen molar-refractivity contribution in [2.75, 3.05) is 14.2 Å². The molecule has 2 rings (SSSR count). The Morgan fingerprint density at radius 1 is 0.889 bits per heavy atom. The molecule has 3 N–H and O–H groups in total. The minimum Gasteiger partial charge on any atom is -0.497 e. The van der Waals surface area contributed by atoms with Crippen LogP contribution in [0.15, 0.2) is 36.4 Å². The predicted molar refractivity (Wildman–Crippen MR) is 101 cm³/mol. The van der Waals surface area contributed by atoms with Gasteiger partial charge in [0.2, 0.25) is 0 Å². The van der Waals surface area contributed by atoms with E-state index in [1.54, 1.807) is 14.2 Å². The van der Waals surface area contributed by atoms with Crippen molar-refractivity contribution in [1.82, 2.24) is 5.32 Å². The number of nitrogens with one attached hydrogen (secondary N) is 1. The number of aliphatic carboxylic acids is 2. The predicted octanol–water partition coefficient (Wildman–Crippen LogP) is 2.77. The molecule has 0 spiro atoms. The summed E-state index contributed by atoms with van der Waals surface area (Å²) in [5.74, 6) is -1.99. The summed E-state index contributed by atoms with van der Waals surface area (Å²) in [6.07, 6.45) is 0. The molecule has 0 aliphatic rings. The fraction of sp³-hybridized carbons (Fsp3) is 0.300. The second-order valence-corrected chi connectivity index (χ2v) is 5.82. The molecule has 146 valence electrons. The number of hydrogen-bond donors (Lipinski definition) is 3. The molecule has 0 aromatic heterocycles. The normalized spacial score (nSPS) is 9.78. The van der Waals surface area contributed by atoms with E-state index >= 15 is 0 Å². The zero-order valence-electron chi connectivity index (χ0n) is 15.9. The molecule has 0 saturated heterocycles. The SMILES string of the molecule is COc1ccc(CNCc2ccc(C)cc2C)c(OC)c1.O=C(O)C(=O)O. The van der Waals surface area contributed by atoms with Crippen molar-refractivity contribution in [3.05, 3.63) is 58.7 Å². The van der Waals surface area contributed by atoms with Crippen LogP contribution in [0.1, 0.15) is 22.3 Å². The summed E-state index contributed by atoms with van der Waals surface area (Å²) in [4.78, 5) is 18.2. The lowest BCUT2D eigenvalue weighted by Gasteiger charge is -2.12. The number of carboxylic acids is 2. The molecule has 2 aromatic rings. The zero-order chi connectivity index (χ0) is 20.4. The van der Waals surface area contributed by atoms with Crippen LogP contribution in [0.4, 0.5) is 0 Å². The van der Waals surface area contributed by atoms with Crippen molar-refractivity contribution in [2.45, 2.75) is 26.9 Å². The van der Waals surface area contributed by atoms with Crippen LogP contribution in [0.5, 0.6) is 11.5 Å². The van der Waals surface area contributed by atoms with Crippen molar-refractivity contribution in [1.29, 1.82) is 0 Å². The fourth-order valence-electron chi connectivity index (χ4n) is 2.37. The molecular formula is C20H25NO6. The molecule has 0 radical (unpaired) electrons. The largest absolute Gasteiger partial charge is 0.497 e. The van der Waals surface area contributed by atoms with Gasteiger partial charge in [-0.3, -0.25) is 0 Å². The number of rotatable bonds is 6. The average molecular weight is 375 g/mol. The molecule has 7 heteroatoms.